The molecule has 17 heavy (non-hydrogen) atoms. The van der Waals surface area contributed by atoms with Crippen LogP contribution in [-0.2, 0) is 22.1 Å². The van der Waals surface area contributed by atoms with E-state index in [9.17, 15) is 4.21 Å². The Labute approximate surface area is 111 Å². The Bertz CT molecular complexity index is 327. The van der Waals surface area contributed by atoms with E-state index in [1.54, 1.807) is 18.0 Å². The van der Waals surface area contributed by atoms with Crippen molar-refractivity contribution in [2.24, 2.45) is 0 Å². The van der Waals surface area contributed by atoms with Crippen molar-refractivity contribution in [3.05, 3.63) is 35.9 Å². The maximum absolute atomic E-state index is 11.3. The predicted molar refractivity (Wildman–Crippen MR) is 76.7 cm³/mol. The van der Waals surface area contributed by atoms with Crippen LogP contribution in [-0.4, -0.2) is 27.9 Å². The Morgan fingerprint density at radius 1 is 1.35 bits per heavy atom. The second kappa shape index (κ2) is 8.72. The zero-order chi connectivity index (χ0) is 12.5. The first-order valence-electron chi connectivity index (χ1n) is 5.70. The summed E-state index contributed by atoms with van der Waals surface area (Å²) < 4.78 is 17.1. The van der Waals surface area contributed by atoms with Crippen molar-refractivity contribution in [2.45, 2.75) is 24.0 Å². The van der Waals surface area contributed by atoms with Crippen molar-refractivity contribution in [2.75, 3.05) is 19.1 Å². The standard InChI is InChI=1S/C13H20O2S2/c1-16-13(17(2)14)9-6-10-15-11-12-7-4-3-5-8-12/h3-5,7-8,13H,6,9-11H2,1-2H3. The average molecular weight is 272 g/mol. The van der Waals surface area contributed by atoms with Gasteiger partial charge < -0.3 is 4.74 Å². The quantitative estimate of drug-likeness (QED) is 0.680. The molecule has 0 aliphatic rings. The Hall–Kier alpha value is -0.320. The molecule has 0 N–H and O–H groups in total. The van der Waals surface area contributed by atoms with Crippen LogP contribution in [0.5, 0.6) is 0 Å². The van der Waals surface area contributed by atoms with E-state index in [0.717, 1.165) is 19.4 Å². The first kappa shape index (κ1) is 14.7. The summed E-state index contributed by atoms with van der Waals surface area (Å²) >= 11 is 1.68. The Morgan fingerprint density at radius 2 is 2.06 bits per heavy atom. The molecule has 0 aliphatic heterocycles. The number of hydrogen-bond donors (Lipinski definition) is 0. The molecule has 0 spiro atoms. The largest absolute Gasteiger partial charge is 0.377 e. The summed E-state index contributed by atoms with van der Waals surface area (Å²) in [6.45, 7) is 1.41. The fourth-order valence-electron chi connectivity index (χ4n) is 1.54. The zero-order valence-electron chi connectivity index (χ0n) is 10.4. The maximum atomic E-state index is 11.3. The number of ether oxygens (including phenoxy) is 1. The van der Waals surface area contributed by atoms with E-state index >= 15 is 0 Å². The van der Waals surface area contributed by atoms with Crippen LogP contribution in [0.25, 0.3) is 0 Å². The van der Waals surface area contributed by atoms with Crippen LogP contribution < -0.4 is 0 Å². The van der Waals surface area contributed by atoms with Crippen molar-refractivity contribution in [3.63, 3.8) is 0 Å². The lowest BCUT2D eigenvalue weighted by molar-refractivity contribution is 0.118. The fourth-order valence-corrected chi connectivity index (χ4v) is 3.52. The van der Waals surface area contributed by atoms with Gasteiger partial charge in [-0.1, -0.05) is 30.3 Å². The number of benzene rings is 1. The average Bonchev–Trinajstić information content (AvgIpc) is 2.34. The molecule has 0 saturated carbocycles. The van der Waals surface area contributed by atoms with Crippen LogP contribution in [0, 0.1) is 0 Å². The van der Waals surface area contributed by atoms with Gasteiger partial charge in [-0.25, -0.2) is 0 Å². The van der Waals surface area contributed by atoms with Gasteiger partial charge in [-0.2, -0.15) is 0 Å². The second-order valence-corrected chi connectivity index (χ2v) is 6.75. The minimum atomic E-state index is -0.737. The molecule has 0 aliphatic carbocycles. The lowest BCUT2D eigenvalue weighted by Gasteiger charge is -2.11. The highest BCUT2D eigenvalue weighted by Gasteiger charge is 2.10. The molecular weight excluding hydrogens is 252 g/mol. The molecule has 0 bridgehead atoms. The lowest BCUT2D eigenvalue weighted by Crippen LogP contribution is -2.10. The van der Waals surface area contributed by atoms with Gasteiger partial charge in [0.1, 0.15) is 0 Å². The van der Waals surface area contributed by atoms with Gasteiger partial charge in [0.25, 0.3) is 0 Å². The molecule has 0 heterocycles. The van der Waals surface area contributed by atoms with Gasteiger partial charge in [0.15, 0.2) is 0 Å². The van der Waals surface area contributed by atoms with Crippen molar-refractivity contribution in [1.82, 2.24) is 0 Å². The SMILES string of the molecule is CSC(CCCOCc1ccccc1)S(C)=O. The van der Waals surface area contributed by atoms with Crippen molar-refractivity contribution < 1.29 is 8.95 Å². The third-order valence-electron chi connectivity index (χ3n) is 2.47. The van der Waals surface area contributed by atoms with Crippen LogP contribution in [0.15, 0.2) is 30.3 Å². The van der Waals surface area contributed by atoms with E-state index < -0.39 is 10.8 Å². The van der Waals surface area contributed by atoms with E-state index in [1.807, 2.05) is 24.5 Å². The summed E-state index contributed by atoms with van der Waals surface area (Å²) in [6.07, 6.45) is 5.71. The minimum Gasteiger partial charge on any atom is -0.377 e. The topological polar surface area (TPSA) is 26.3 Å². The normalized spacial score (nSPS) is 14.5. The molecular formula is C13H20O2S2. The predicted octanol–water partition coefficient (Wildman–Crippen LogP) is 3.05. The van der Waals surface area contributed by atoms with Gasteiger partial charge in [-0.3, -0.25) is 4.21 Å². The Kier molecular flexibility index (Phi) is 7.56. The Balaban J connectivity index is 2.10. The van der Waals surface area contributed by atoms with E-state index in [1.165, 1.54) is 5.56 Å². The summed E-state index contributed by atoms with van der Waals surface area (Å²) in [6, 6.07) is 10.2. The molecule has 1 rings (SSSR count). The third-order valence-corrected chi connectivity index (χ3v) is 5.60. The molecule has 2 nitrogen and oxygen atoms in total. The summed E-state index contributed by atoms with van der Waals surface area (Å²) in [5, 5.41) is 0. The van der Waals surface area contributed by atoms with Gasteiger partial charge >= 0.3 is 0 Å². The molecule has 1 aromatic carbocycles. The molecule has 0 fully saturated rings. The first-order chi connectivity index (χ1) is 8.24. The third kappa shape index (κ3) is 6.24. The van der Waals surface area contributed by atoms with E-state index in [0.29, 0.717) is 6.61 Å². The van der Waals surface area contributed by atoms with E-state index in [-0.39, 0.29) is 4.58 Å². The highest BCUT2D eigenvalue weighted by atomic mass is 32.2. The lowest BCUT2D eigenvalue weighted by atomic mass is 10.2. The van der Waals surface area contributed by atoms with Crippen molar-refractivity contribution in [3.8, 4) is 0 Å². The number of thioether (sulfide) groups is 1. The molecule has 0 radical (unpaired) electrons. The molecule has 2 atom stereocenters. The molecule has 1 aromatic rings. The molecule has 0 amide bonds. The van der Waals surface area contributed by atoms with Gasteiger partial charge in [0.05, 0.1) is 11.2 Å². The first-order valence-corrected chi connectivity index (χ1v) is 8.61. The molecule has 96 valence electrons. The summed E-state index contributed by atoms with van der Waals surface area (Å²) in [7, 11) is -0.737. The molecule has 2 unspecified atom stereocenters. The van der Waals surface area contributed by atoms with Gasteiger partial charge in [-0.15, -0.1) is 11.8 Å². The van der Waals surface area contributed by atoms with Crippen LogP contribution >= 0.6 is 11.8 Å². The number of hydrogen-bond acceptors (Lipinski definition) is 3. The van der Waals surface area contributed by atoms with Crippen LogP contribution in [0.1, 0.15) is 18.4 Å². The van der Waals surface area contributed by atoms with Gasteiger partial charge in [-0.05, 0) is 24.7 Å². The smallest absolute Gasteiger partial charge is 0.0796 e. The fraction of sp³-hybridized carbons (Fsp3) is 0.538. The van der Waals surface area contributed by atoms with Gasteiger partial charge in [0, 0.05) is 23.7 Å². The maximum Gasteiger partial charge on any atom is 0.0796 e. The highest BCUT2D eigenvalue weighted by Crippen LogP contribution is 2.16. The zero-order valence-corrected chi connectivity index (χ0v) is 12.1. The molecule has 0 saturated heterocycles. The van der Waals surface area contributed by atoms with E-state index in [4.69, 9.17) is 4.74 Å². The van der Waals surface area contributed by atoms with E-state index in [2.05, 4.69) is 12.1 Å². The Morgan fingerprint density at radius 3 is 2.65 bits per heavy atom. The van der Waals surface area contributed by atoms with Crippen LogP contribution in [0.2, 0.25) is 0 Å². The molecule has 4 heteroatoms. The molecule has 0 aromatic heterocycles. The summed E-state index contributed by atoms with van der Waals surface area (Å²) in [5.41, 5.74) is 1.20. The van der Waals surface area contributed by atoms with Crippen molar-refractivity contribution >= 4 is 22.6 Å². The van der Waals surface area contributed by atoms with Gasteiger partial charge in [0.2, 0.25) is 0 Å². The van der Waals surface area contributed by atoms with Crippen LogP contribution in [0.4, 0.5) is 0 Å². The summed E-state index contributed by atoms with van der Waals surface area (Å²) in [4.78, 5) is 0. The summed E-state index contributed by atoms with van der Waals surface area (Å²) in [5.74, 6) is 0. The second-order valence-electron chi connectivity index (χ2n) is 3.84. The highest BCUT2D eigenvalue weighted by molar-refractivity contribution is 8.10. The van der Waals surface area contributed by atoms with Crippen molar-refractivity contribution in [1.29, 1.82) is 0 Å². The minimum absolute atomic E-state index is 0.246. The monoisotopic (exact) mass is 272 g/mol. The number of rotatable bonds is 8. The van der Waals surface area contributed by atoms with Crippen LogP contribution in [0.3, 0.4) is 0 Å².